The Morgan fingerprint density at radius 3 is 2.76 bits per heavy atom. The lowest BCUT2D eigenvalue weighted by Crippen LogP contribution is -2.34. The smallest absolute Gasteiger partial charge is 0.325 e. The van der Waals surface area contributed by atoms with E-state index in [1.54, 1.807) is 48.3 Å². The molecular formula is C16H16ClN5O3. The minimum absolute atomic E-state index is 0.0582. The fourth-order valence-corrected chi connectivity index (χ4v) is 2.72. The molecule has 2 heterocycles. The van der Waals surface area contributed by atoms with Crippen LogP contribution in [-0.4, -0.2) is 38.6 Å². The molecular weight excluding hydrogens is 346 g/mol. The summed E-state index contributed by atoms with van der Waals surface area (Å²) >= 11 is 6.07. The number of hydrogen-bond donors (Lipinski definition) is 2. The Labute approximate surface area is 148 Å². The summed E-state index contributed by atoms with van der Waals surface area (Å²) in [6.07, 6.45) is 1.52. The van der Waals surface area contributed by atoms with Gasteiger partial charge >= 0.3 is 6.03 Å². The second-order valence-electron chi connectivity index (χ2n) is 5.64. The van der Waals surface area contributed by atoms with Crippen molar-refractivity contribution in [1.82, 2.24) is 20.0 Å². The van der Waals surface area contributed by atoms with Crippen molar-refractivity contribution < 1.29 is 14.4 Å². The summed E-state index contributed by atoms with van der Waals surface area (Å²) in [5.74, 6) is -0.477. The summed E-state index contributed by atoms with van der Waals surface area (Å²) in [6.45, 7) is 0.0582. The fraction of sp³-hybridized carbons (Fsp3) is 0.250. The highest BCUT2D eigenvalue weighted by atomic mass is 35.5. The standard InChI is InChI=1S/C16H16ClN5O3/c1-21-7-6-13(20-21)19-14(23)8-12-15(24)22(16(25)18-12)9-10-4-2-3-5-11(10)17/h2-7,12H,8-9H2,1H3,(H,18,25)(H,19,20,23). The highest BCUT2D eigenvalue weighted by Crippen LogP contribution is 2.20. The molecule has 9 heteroatoms. The van der Waals surface area contributed by atoms with Gasteiger partial charge in [-0.3, -0.25) is 19.2 Å². The predicted octanol–water partition coefficient (Wildman–Crippen LogP) is 1.52. The molecule has 8 nitrogen and oxygen atoms in total. The lowest BCUT2D eigenvalue weighted by Gasteiger charge is -2.14. The predicted molar refractivity (Wildman–Crippen MR) is 90.8 cm³/mol. The molecule has 0 radical (unpaired) electrons. The lowest BCUT2D eigenvalue weighted by atomic mass is 10.1. The van der Waals surface area contributed by atoms with Gasteiger partial charge in [0.1, 0.15) is 6.04 Å². The second-order valence-corrected chi connectivity index (χ2v) is 6.05. The van der Waals surface area contributed by atoms with Gasteiger partial charge in [-0.2, -0.15) is 5.10 Å². The van der Waals surface area contributed by atoms with E-state index in [-0.39, 0.29) is 13.0 Å². The number of imide groups is 1. The van der Waals surface area contributed by atoms with Crippen LogP contribution >= 0.6 is 11.6 Å². The van der Waals surface area contributed by atoms with E-state index < -0.39 is 23.9 Å². The largest absolute Gasteiger partial charge is 0.325 e. The van der Waals surface area contributed by atoms with E-state index in [0.29, 0.717) is 16.4 Å². The number of carbonyl (C=O) groups excluding carboxylic acids is 3. The van der Waals surface area contributed by atoms with E-state index in [0.717, 1.165) is 4.90 Å². The van der Waals surface area contributed by atoms with Crippen LogP contribution in [0.1, 0.15) is 12.0 Å². The van der Waals surface area contributed by atoms with Crippen molar-refractivity contribution in [1.29, 1.82) is 0 Å². The van der Waals surface area contributed by atoms with Crippen molar-refractivity contribution in [2.45, 2.75) is 19.0 Å². The molecule has 0 spiro atoms. The molecule has 1 unspecified atom stereocenters. The minimum atomic E-state index is -0.904. The summed E-state index contributed by atoms with van der Waals surface area (Å²) < 4.78 is 1.55. The fourth-order valence-electron chi connectivity index (χ4n) is 2.52. The summed E-state index contributed by atoms with van der Waals surface area (Å²) in [5.41, 5.74) is 0.659. The maximum absolute atomic E-state index is 12.4. The molecule has 130 valence electrons. The molecule has 4 amide bonds. The maximum atomic E-state index is 12.4. The number of urea groups is 1. The molecule has 1 aromatic heterocycles. The zero-order valence-corrected chi connectivity index (χ0v) is 14.2. The third-order valence-corrected chi connectivity index (χ3v) is 4.13. The van der Waals surface area contributed by atoms with Gasteiger partial charge in [0.2, 0.25) is 5.91 Å². The van der Waals surface area contributed by atoms with Crippen LogP contribution in [0.3, 0.4) is 0 Å². The van der Waals surface area contributed by atoms with Crippen molar-refractivity contribution in [2.24, 2.45) is 7.05 Å². The van der Waals surface area contributed by atoms with Gasteiger partial charge in [0.05, 0.1) is 13.0 Å². The van der Waals surface area contributed by atoms with E-state index in [2.05, 4.69) is 15.7 Å². The van der Waals surface area contributed by atoms with Gasteiger partial charge in [-0.15, -0.1) is 0 Å². The number of carbonyl (C=O) groups is 3. The number of aryl methyl sites for hydroxylation is 1. The first-order chi connectivity index (χ1) is 11.9. The van der Waals surface area contributed by atoms with Crippen molar-refractivity contribution in [3.63, 3.8) is 0 Å². The number of nitrogens with zero attached hydrogens (tertiary/aromatic N) is 3. The molecule has 1 atom stereocenters. The number of nitrogens with one attached hydrogen (secondary N) is 2. The molecule has 3 rings (SSSR count). The first-order valence-corrected chi connectivity index (χ1v) is 7.96. The number of benzene rings is 1. The van der Waals surface area contributed by atoms with Crippen molar-refractivity contribution in [3.05, 3.63) is 47.1 Å². The molecule has 0 aliphatic carbocycles. The van der Waals surface area contributed by atoms with Gasteiger partial charge < -0.3 is 10.6 Å². The third kappa shape index (κ3) is 3.80. The van der Waals surface area contributed by atoms with Crippen LogP contribution in [0.15, 0.2) is 36.5 Å². The summed E-state index contributed by atoms with van der Waals surface area (Å²) in [7, 11) is 1.73. The first-order valence-electron chi connectivity index (χ1n) is 7.59. The molecule has 1 aliphatic heterocycles. The van der Waals surface area contributed by atoms with Crippen LogP contribution in [-0.2, 0) is 23.2 Å². The zero-order chi connectivity index (χ0) is 18.0. The van der Waals surface area contributed by atoms with Crippen LogP contribution in [0.2, 0.25) is 5.02 Å². The van der Waals surface area contributed by atoms with E-state index in [1.165, 1.54) is 0 Å². The number of hydrogen-bond acceptors (Lipinski definition) is 4. The molecule has 1 fully saturated rings. The van der Waals surface area contributed by atoms with E-state index >= 15 is 0 Å². The van der Waals surface area contributed by atoms with Crippen molar-refractivity contribution >= 4 is 35.3 Å². The average molecular weight is 362 g/mol. The Balaban J connectivity index is 1.62. The summed E-state index contributed by atoms with van der Waals surface area (Å²) in [4.78, 5) is 37.6. The first kappa shape index (κ1) is 17.0. The molecule has 0 bridgehead atoms. The molecule has 0 saturated carbocycles. The molecule has 2 N–H and O–H groups in total. The van der Waals surface area contributed by atoms with E-state index in [4.69, 9.17) is 11.6 Å². The SMILES string of the molecule is Cn1ccc(NC(=O)CC2NC(=O)N(Cc3ccccc3Cl)C2=O)n1. The van der Waals surface area contributed by atoms with Gasteiger partial charge in [0, 0.05) is 24.3 Å². The average Bonchev–Trinajstić information content (AvgIpc) is 3.07. The summed E-state index contributed by atoms with van der Waals surface area (Å²) in [5, 5.41) is 9.61. The van der Waals surface area contributed by atoms with Gasteiger partial charge in [-0.25, -0.2) is 4.79 Å². The Kier molecular flexibility index (Phi) is 4.71. The van der Waals surface area contributed by atoms with Crippen LogP contribution in [0.4, 0.5) is 10.6 Å². The van der Waals surface area contributed by atoms with Crippen molar-refractivity contribution in [3.8, 4) is 0 Å². The Morgan fingerprint density at radius 2 is 2.08 bits per heavy atom. The van der Waals surface area contributed by atoms with Crippen LogP contribution in [0.25, 0.3) is 0 Å². The Hall–Kier alpha value is -2.87. The maximum Gasteiger partial charge on any atom is 0.325 e. The van der Waals surface area contributed by atoms with Gasteiger partial charge in [-0.05, 0) is 11.6 Å². The number of aromatic nitrogens is 2. The normalized spacial score (nSPS) is 16.9. The highest BCUT2D eigenvalue weighted by Gasteiger charge is 2.39. The van der Waals surface area contributed by atoms with Gasteiger partial charge in [-0.1, -0.05) is 29.8 Å². The molecule has 1 aromatic carbocycles. The quantitative estimate of drug-likeness (QED) is 0.789. The Bertz CT molecular complexity index is 835. The Morgan fingerprint density at radius 1 is 1.32 bits per heavy atom. The molecule has 1 saturated heterocycles. The third-order valence-electron chi connectivity index (χ3n) is 3.76. The second kappa shape index (κ2) is 6.94. The molecule has 25 heavy (non-hydrogen) atoms. The minimum Gasteiger partial charge on any atom is -0.325 e. The van der Waals surface area contributed by atoms with E-state index in [1.807, 2.05) is 0 Å². The zero-order valence-electron chi connectivity index (χ0n) is 13.4. The number of rotatable bonds is 5. The highest BCUT2D eigenvalue weighted by molar-refractivity contribution is 6.31. The lowest BCUT2D eigenvalue weighted by molar-refractivity contribution is -0.130. The topological polar surface area (TPSA) is 96.3 Å². The molecule has 2 aromatic rings. The summed E-state index contributed by atoms with van der Waals surface area (Å²) in [6, 6.07) is 7.16. The van der Waals surface area contributed by atoms with Gasteiger partial charge in [0.15, 0.2) is 5.82 Å². The monoisotopic (exact) mass is 361 g/mol. The van der Waals surface area contributed by atoms with Crippen LogP contribution < -0.4 is 10.6 Å². The molecule has 1 aliphatic rings. The van der Waals surface area contributed by atoms with Crippen molar-refractivity contribution in [2.75, 3.05) is 5.32 Å². The van der Waals surface area contributed by atoms with E-state index in [9.17, 15) is 14.4 Å². The number of anilines is 1. The van der Waals surface area contributed by atoms with Gasteiger partial charge in [0.25, 0.3) is 5.91 Å². The number of amides is 4. The van der Waals surface area contributed by atoms with Crippen LogP contribution in [0, 0.1) is 0 Å². The number of halogens is 1. The van der Waals surface area contributed by atoms with Crippen LogP contribution in [0.5, 0.6) is 0 Å².